The summed E-state index contributed by atoms with van der Waals surface area (Å²) < 4.78 is 0. The fourth-order valence-corrected chi connectivity index (χ4v) is 0.953. The quantitative estimate of drug-likeness (QED) is 0.808. The Kier molecular flexibility index (Phi) is 3.42. The molecular formula is C9H11BrN2O. The van der Waals surface area contributed by atoms with Gasteiger partial charge in [0.2, 0.25) is 5.91 Å². The van der Waals surface area contributed by atoms with Crippen LogP contribution in [0.2, 0.25) is 0 Å². The van der Waals surface area contributed by atoms with Crippen LogP contribution in [-0.4, -0.2) is 15.7 Å². The number of carbonyl (C=O) groups excluding carboxylic acids is 1. The van der Waals surface area contributed by atoms with Crippen molar-refractivity contribution in [2.24, 2.45) is 0 Å². The second-order valence-electron chi connectivity index (χ2n) is 2.77. The van der Waals surface area contributed by atoms with Gasteiger partial charge >= 0.3 is 0 Å². The number of aryl methyl sites for hydroxylation is 1. The molecule has 0 aliphatic carbocycles. The summed E-state index contributed by atoms with van der Waals surface area (Å²) >= 11 is 3.18. The zero-order valence-electron chi connectivity index (χ0n) is 7.54. The van der Waals surface area contributed by atoms with Crippen molar-refractivity contribution in [3.05, 3.63) is 23.9 Å². The van der Waals surface area contributed by atoms with Crippen molar-refractivity contribution in [1.82, 2.24) is 4.98 Å². The molecule has 1 atom stereocenters. The number of hydrogen-bond donors (Lipinski definition) is 1. The number of halogens is 1. The van der Waals surface area contributed by atoms with Gasteiger partial charge in [-0.05, 0) is 26.0 Å². The van der Waals surface area contributed by atoms with Gasteiger partial charge in [-0.15, -0.1) is 0 Å². The molecule has 1 amide bonds. The van der Waals surface area contributed by atoms with Gasteiger partial charge in [0.1, 0.15) is 5.82 Å². The standard InChI is InChI=1S/C9H11BrN2O/c1-6-4-3-5-8(11-6)12-9(13)7(2)10/h3-5,7H,1-2H3,(H,11,12,13). The van der Waals surface area contributed by atoms with Crippen molar-refractivity contribution in [2.75, 3.05) is 5.32 Å². The van der Waals surface area contributed by atoms with E-state index in [1.54, 1.807) is 13.0 Å². The molecule has 0 fully saturated rings. The topological polar surface area (TPSA) is 42.0 Å². The summed E-state index contributed by atoms with van der Waals surface area (Å²) in [6.07, 6.45) is 0. The van der Waals surface area contributed by atoms with Crippen LogP contribution >= 0.6 is 15.9 Å². The zero-order valence-corrected chi connectivity index (χ0v) is 9.13. The monoisotopic (exact) mass is 242 g/mol. The summed E-state index contributed by atoms with van der Waals surface area (Å²) in [5.41, 5.74) is 0.889. The number of nitrogens with zero attached hydrogens (tertiary/aromatic N) is 1. The van der Waals surface area contributed by atoms with Gasteiger partial charge in [0.15, 0.2) is 0 Å². The molecule has 1 N–H and O–H groups in total. The van der Waals surface area contributed by atoms with E-state index in [0.29, 0.717) is 5.82 Å². The van der Waals surface area contributed by atoms with E-state index in [0.717, 1.165) is 5.69 Å². The largest absolute Gasteiger partial charge is 0.310 e. The van der Waals surface area contributed by atoms with E-state index in [4.69, 9.17) is 0 Å². The highest BCUT2D eigenvalue weighted by Crippen LogP contribution is 2.06. The molecule has 70 valence electrons. The molecular weight excluding hydrogens is 232 g/mol. The Morgan fingerprint density at radius 2 is 2.31 bits per heavy atom. The Morgan fingerprint density at radius 3 is 2.85 bits per heavy atom. The predicted molar refractivity (Wildman–Crippen MR) is 56.0 cm³/mol. The molecule has 1 unspecified atom stereocenters. The third-order valence-electron chi connectivity index (χ3n) is 1.50. The lowest BCUT2D eigenvalue weighted by atomic mass is 10.3. The van der Waals surface area contributed by atoms with E-state index in [-0.39, 0.29) is 10.7 Å². The van der Waals surface area contributed by atoms with Crippen LogP contribution in [0.4, 0.5) is 5.82 Å². The van der Waals surface area contributed by atoms with E-state index >= 15 is 0 Å². The van der Waals surface area contributed by atoms with Crippen molar-refractivity contribution in [2.45, 2.75) is 18.7 Å². The lowest BCUT2D eigenvalue weighted by molar-refractivity contribution is -0.115. The van der Waals surface area contributed by atoms with Crippen LogP contribution in [0, 0.1) is 6.92 Å². The maximum atomic E-state index is 11.2. The highest BCUT2D eigenvalue weighted by molar-refractivity contribution is 9.10. The molecule has 0 aliphatic rings. The minimum Gasteiger partial charge on any atom is -0.310 e. The first kappa shape index (κ1) is 10.2. The first-order valence-corrected chi connectivity index (χ1v) is 4.90. The second kappa shape index (κ2) is 4.37. The third-order valence-corrected chi connectivity index (χ3v) is 1.92. The molecule has 1 aromatic heterocycles. The Morgan fingerprint density at radius 1 is 1.62 bits per heavy atom. The number of alkyl halides is 1. The number of hydrogen-bond acceptors (Lipinski definition) is 2. The lowest BCUT2D eigenvalue weighted by Gasteiger charge is -2.05. The number of rotatable bonds is 2. The highest BCUT2D eigenvalue weighted by atomic mass is 79.9. The van der Waals surface area contributed by atoms with Crippen molar-refractivity contribution in [3.8, 4) is 0 Å². The average molecular weight is 243 g/mol. The first-order valence-electron chi connectivity index (χ1n) is 3.98. The van der Waals surface area contributed by atoms with Gasteiger partial charge in [0, 0.05) is 5.69 Å². The van der Waals surface area contributed by atoms with E-state index in [2.05, 4.69) is 26.2 Å². The summed E-state index contributed by atoms with van der Waals surface area (Å²) in [6.45, 7) is 3.65. The molecule has 0 spiro atoms. The molecule has 4 heteroatoms. The molecule has 1 aromatic rings. The van der Waals surface area contributed by atoms with Crippen LogP contribution in [0.3, 0.4) is 0 Å². The van der Waals surface area contributed by atoms with Crippen molar-refractivity contribution in [3.63, 3.8) is 0 Å². The fourth-order valence-electron chi connectivity index (χ4n) is 0.838. The van der Waals surface area contributed by atoms with Gasteiger partial charge in [-0.25, -0.2) is 4.98 Å². The van der Waals surface area contributed by atoms with Crippen molar-refractivity contribution < 1.29 is 4.79 Å². The maximum Gasteiger partial charge on any atom is 0.239 e. The molecule has 3 nitrogen and oxygen atoms in total. The maximum absolute atomic E-state index is 11.2. The summed E-state index contributed by atoms with van der Waals surface area (Å²) in [4.78, 5) is 15.2. The number of nitrogens with one attached hydrogen (secondary N) is 1. The van der Waals surface area contributed by atoms with Crippen LogP contribution in [0.15, 0.2) is 18.2 Å². The van der Waals surface area contributed by atoms with Gasteiger partial charge in [0.05, 0.1) is 4.83 Å². The summed E-state index contributed by atoms with van der Waals surface area (Å²) in [6, 6.07) is 5.50. The van der Waals surface area contributed by atoms with Crippen molar-refractivity contribution >= 4 is 27.7 Å². The molecule has 13 heavy (non-hydrogen) atoms. The zero-order chi connectivity index (χ0) is 9.84. The van der Waals surface area contributed by atoms with Crippen LogP contribution in [0.5, 0.6) is 0 Å². The van der Waals surface area contributed by atoms with Crippen LogP contribution in [0.25, 0.3) is 0 Å². The molecule has 0 bridgehead atoms. The van der Waals surface area contributed by atoms with Gasteiger partial charge < -0.3 is 5.32 Å². The Balaban J connectivity index is 2.69. The normalized spacial score (nSPS) is 12.2. The molecule has 1 heterocycles. The number of pyridine rings is 1. The third kappa shape index (κ3) is 3.14. The molecule has 0 saturated heterocycles. The lowest BCUT2D eigenvalue weighted by Crippen LogP contribution is -2.20. The summed E-state index contributed by atoms with van der Waals surface area (Å²) in [5, 5.41) is 2.69. The van der Waals surface area contributed by atoms with Gasteiger partial charge in [-0.2, -0.15) is 0 Å². The number of aromatic nitrogens is 1. The molecule has 0 aromatic carbocycles. The smallest absolute Gasteiger partial charge is 0.239 e. The van der Waals surface area contributed by atoms with E-state index in [1.165, 1.54) is 0 Å². The Hall–Kier alpha value is -0.900. The second-order valence-corrected chi connectivity index (χ2v) is 4.14. The van der Waals surface area contributed by atoms with Crippen molar-refractivity contribution in [1.29, 1.82) is 0 Å². The van der Waals surface area contributed by atoms with Crippen LogP contribution < -0.4 is 5.32 Å². The minimum absolute atomic E-state index is 0.0851. The van der Waals surface area contributed by atoms with E-state index < -0.39 is 0 Å². The molecule has 0 saturated carbocycles. The first-order chi connectivity index (χ1) is 6.09. The van der Waals surface area contributed by atoms with E-state index in [9.17, 15) is 4.79 Å². The van der Waals surface area contributed by atoms with Crippen LogP contribution in [-0.2, 0) is 4.79 Å². The van der Waals surface area contributed by atoms with Gasteiger partial charge in [-0.3, -0.25) is 4.79 Å². The van der Waals surface area contributed by atoms with Gasteiger partial charge in [-0.1, -0.05) is 22.0 Å². The SMILES string of the molecule is Cc1cccc(NC(=O)C(C)Br)n1. The fraction of sp³-hybridized carbons (Fsp3) is 0.333. The number of amides is 1. The minimum atomic E-state index is -0.199. The molecule has 0 aliphatic heterocycles. The Bertz CT molecular complexity index is 312. The van der Waals surface area contributed by atoms with Gasteiger partial charge in [0.25, 0.3) is 0 Å². The molecule has 0 radical (unpaired) electrons. The predicted octanol–water partition coefficient (Wildman–Crippen LogP) is 2.11. The summed E-state index contributed by atoms with van der Waals surface area (Å²) in [7, 11) is 0. The number of anilines is 1. The highest BCUT2D eigenvalue weighted by Gasteiger charge is 2.08. The van der Waals surface area contributed by atoms with E-state index in [1.807, 2.05) is 19.1 Å². The summed E-state index contributed by atoms with van der Waals surface area (Å²) in [5.74, 6) is 0.509. The number of carbonyl (C=O) groups is 1. The van der Waals surface area contributed by atoms with Crippen LogP contribution in [0.1, 0.15) is 12.6 Å². The average Bonchev–Trinajstić information content (AvgIpc) is 2.04. The Labute approximate surface area is 85.7 Å². The molecule has 1 rings (SSSR count).